The zero-order chi connectivity index (χ0) is 15.0. The van der Waals surface area contributed by atoms with Crippen LogP contribution in [0.25, 0.3) is 0 Å². The van der Waals surface area contributed by atoms with Crippen LogP contribution >= 0.6 is 27.5 Å². The van der Waals surface area contributed by atoms with E-state index in [1.54, 1.807) is 6.07 Å². The summed E-state index contributed by atoms with van der Waals surface area (Å²) < 4.78 is 14.7. The summed E-state index contributed by atoms with van der Waals surface area (Å²) in [6.07, 6.45) is 0.789. The standard InChI is InChI=1S/C16H12BrClFNO/c17-10-3-1-2-9(6-10)12-8-13(12)16(21)20-15-5-4-11(18)7-14(15)19/h1-7,12-13H,8H2,(H,20,21). The van der Waals surface area contributed by atoms with Crippen LogP contribution in [-0.4, -0.2) is 5.91 Å². The molecular formula is C16H12BrClFNO. The Morgan fingerprint density at radius 1 is 1.29 bits per heavy atom. The molecule has 0 aliphatic heterocycles. The molecule has 21 heavy (non-hydrogen) atoms. The summed E-state index contributed by atoms with van der Waals surface area (Å²) >= 11 is 9.11. The molecule has 1 saturated carbocycles. The monoisotopic (exact) mass is 367 g/mol. The molecule has 0 heterocycles. The highest BCUT2D eigenvalue weighted by Crippen LogP contribution is 2.48. The maximum Gasteiger partial charge on any atom is 0.228 e. The maximum atomic E-state index is 13.7. The molecule has 2 unspecified atom stereocenters. The van der Waals surface area contributed by atoms with Gasteiger partial charge in [0.05, 0.1) is 5.69 Å². The van der Waals surface area contributed by atoms with Crippen molar-refractivity contribution in [2.45, 2.75) is 12.3 Å². The summed E-state index contributed by atoms with van der Waals surface area (Å²) in [5.41, 5.74) is 1.30. The lowest BCUT2D eigenvalue weighted by Gasteiger charge is -2.06. The quantitative estimate of drug-likeness (QED) is 0.813. The average Bonchev–Trinajstić information content (AvgIpc) is 3.22. The van der Waals surface area contributed by atoms with E-state index in [2.05, 4.69) is 21.2 Å². The van der Waals surface area contributed by atoms with Gasteiger partial charge < -0.3 is 5.32 Å². The number of benzene rings is 2. The Hall–Kier alpha value is -1.39. The lowest BCUT2D eigenvalue weighted by Crippen LogP contribution is -2.15. The summed E-state index contributed by atoms with van der Waals surface area (Å²) in [6, 6.07) is 12.1. The zero-order valence-corrected chi connectivity index (χ0v) is 13.3. The van der Waals surface area contributed by atoms with Gasteiger partial charge in [-0.05, 0) is 48.2 Å². The number of carbonyl (C=O) groups is 1. The molecule has 1 amide bonds. The van der Waals surface area contributed by atoms with Crippen LogP contribution in [0.5, 0.6) is 0 Å². The Labute approximate surface area is 135 Å². The van der Waals surface area contributed by atoms with Crippen molar-refractivity contribution in [2.75, 3.05) is 5.32 Å². The Morgan fingerprint density at radius 3 is 2.81 bits per heavy atom. The second-order valence-corrected chi connectivity index (χ2v) is 6.47. The van der Waals surface area contributed by atoms with Gasteiger partial charge in [-0.3, -0.25) is 4.79 Å². The average molecular weight is 369 g/mol. The molecule has 0 radical (unpaired) electrons. The van der Waals surface area contributed by atoms with Crippen LogP contribution < -0.4 is 5.32 Å². The summed E-state index contributed by atoms with van der Waals surface area (Å²) in [6.45, 7) is 0. The summed E-state index contributed by atoms with van der Waals surface area (Å²) in [7, 11) is 0. The molecular weight excluding hydrogens is 357 g/mol. The number of halogens is 3. The van der Waals surface area contributed by atoms with Crippen molar-refractivity contribution < 1.29 is 9.18 Å². The van der Waals surface area contributed by atoms with E-state index < -0.39 is 5.82 Å². The van der Waals surface area contributed by atoms with Crippen molar-refractivity contribution in [3.63, 3.8) is 0 Å². The van der Waals surface area contributed by atoms with Gasteiger partial charge in [-0.15, -0.1) is 0 Å². The van der Waals surface area contributed by atoms with Crippen LogP contribution in [0.3, 0.4) is 0 Å². The Bertz CT molecular complexity index is 706. The van der Waals surface area contributed by atoms with E-state index in [-0.39, 0.29) is 23.4 Å². The molecule has 0 saturated heterocycles. The van der Waals surface area contributed by atoms with Crippen LogP contribution in [0.15, 0.2) is 46.9 Å². The van der Waals surface area contributed by atoms with Gasteiger partial charge in [0, 0.05) is 15.4 Å². The van der Waals surface area contributed by atoms with Gasteiger partial charge in [0.2, 0.25) is 5.91 Å². The molecule has 3 rings (SSSR count). The van der Waals surface area contributed by atoms with Crippen molar-refractivity contribution in [3.05, 3.63) is 63.3 Å². The predicted octanol–water partition coefficient (Wildman–Crippen LogP) is 4.98. The predicted molar refractivity (Wildman–Crippen MR) is 85.0 cm³/mol. The summed E-state index contributed by atoms with van der Waals surface area (Å²) in [5.74, 6) is -0.566. The smallest absolute Gasteiger partial charge is 0.228 e. The molecule has 1 aliphatic carbocycles. The van der Waals surface area contributed by atoms with Gasteiger partial charge in [-0.25, -0.2) is 4.39 Å². The van der Waals surface area contributed by atoms with Crippen LogP contribution in [0.1, 0.15) is 17.9 Å². The first kappa shape index (κ1) is 14.5. The third-order valence-electron chi connectivity index (χ3n) is 3.59. The molecule has 1 aliphatic rings. The molecule has 2 atom stereocenters. The highest BCUT2D eigenvalue weighted by molar-refractivity contribution is 9.10. The van der Waals surface area contributed by atoms with E-state index in [1.807, 2.05) is 24.3 Å². The molecule has 2 aromatic rings. The van der Waals surface area contributed by atoms with Gasteiger partial charge in [0.1, 0.15) is 5.82 Å². The lowest BCUT2D eigenvalue weighted by molar-refractivity contribution is -0.117. The van der Waals surface area contributed by atoms with Crippen molar-refractivity contribution in [2.24, 2.45) is 5.92 Å². The SMILES string of the molecule is O=C(Nc1ccc(Cl)cc1F)C1CC1c1cccc(Br)c1. The van der Waals surface area contributed by atoms with Crippen molar-refractivity contribution >= 4 is 39.1 Å². The number of hydrogen-bond acceptors (Lipinski definition) is 1. The molecule has 1 N–H and O–H groups in total. The third kappa shape index (κ3) is 3.27. The fourth-order valence-electron chi connectivity index (χ4n) is 2.41. The number of hydrogen-bond donors (Lipinski definition) is 1. The second kappa shape index (κ2) is 5.78. The van der Waals surface area contributed by atoms with E-state index >= 15 is 0 Å². The van der Waals surface area contributed by atoms with E-state index in [4.69, 9.17) is 11.6 Å². The second-order valence-electron chi connectivity index (χ2n) is 5.12. The van der Waals surface area contributed by atoms with Crippen molar-refractivity contribution in [1.29, 1.82) is 0 Å². The highest BCUT2D eigenvalue weighted by Gasteiger charge is 2.44. The Balaban J connectivity index is 1.68. The minimum atomic E-state index is -0.518. The molecule has 2 nitrogen and oxygen atoms in total. The largest absolute Gasteiger partial charge is 0.323 e. The molecule has 0 aromatic heterocycles. The number of anilines is 1. The normalized spacial score (nSPS) is 20.1. The lowest BCUT2D eigenvalue weighted by atomic mass is 10.1. The zero-order valence-electron chi connectivity index (χ0n) is 10.9. The molecule has 2 aromatic carbocycles. The van der Waals surface area contributed by atoms with Gasteiger partial charge in [-0.2, -0.15) is 0 Å². The molecule has 5 heteroatoms. The summed E-state index contributed by atoms with van der Waals surface area (Å²) in [5, 5.41) is 2.94. The first-order valence-electron chi connectivity index (χ1n) is 6.56. The minimum absolute atomic E-state index is 0.102. The fraction of sp³-hybridized carbons (Fsp3) is 0.188. The number of carbonyl (C=O) groups excluding carboxylic acids is 1. The Morgan fingerprint density at radius 2 is 2.10 bits per heavy atom. The highest BCUT2D eigenvalue weighted by atomic mass is 79.9. The van der Waals surface area contributed by atoms with Crippen LogP contribution in [0.2, 0.25) is 5.02 Å². The summed E-state index contributed by atoms with van der Waals surface area (Å²) in [4.78, 5) is 12.2. The number of amides is 1. The fourth-order valence-corrected chi connectivity index (χ4v) is 2.98. The van der Waals surface area contributed by atoms with Gasteiger partial charge in [0.15, 0.2) is 0 Å². The van der Waals surface area contributed by atoms with Crippen molar-refractivity contribution in [3.8, 4) is 0 Å². The van der Waals surface area contributed by atoms with E-state index in [9.17, 15) is 9.18 Å². The molecule has 0 bridgehead atoms. The van der Waals surface area contributed by atoms with Gasteiger partial charge >= 0.3 is 0 Å². The van der Waals surface area contributed by atoms with Crippen LogP contribution in [0, 0.1) is 11.7 Å². The maximum absolute atomic E-state index is 13.7. The molecule has 0 spiro atoms. The minimum Gasteiger partial charge on any atom is -0.323 e. The molecule has 1 fully saturated rings. The first-order valence-corrected chi connectivity index (χ1v) is 7.73. The number of nitrogens with one attached hydrogen (secondary N) is 1. The van der Waals surface area contributed by atoms with Gasteiger partial charge in [-0.1, -0.05) is 39.7 Å². The first-order chi connectivity index (χ1) is 10.0. The topological polar surface area (TPSA) is 29.1 Å². The van der Waals surface area contributed by atoms with Gasteiger partial charge in [0.25, 0.3) is 0 Å². The number of rotatable bonds is 3. The Kier molecular flexibility index (Phi) is 4.00. The van der Waals surface area contributed by atoms with Crippen LogP contribution in [-0.2, 0) is 4.79 Å². The van der Waals surface area contributed by atoms with E-state index in [0.29, 0.717) is 5.02 Å². The van der Waals surface area contributed by atoms with E-state index in [1.165, 1.54) is 12.1 Å². The molecule has 108 valence electrons. The van der Waals surface area contributed by atoms with Crippen LogP contribution in [0.4, 0.5) is 10.1 Å². The third-order valence-corrected chi connectivity index (χ3v) is 4.32. The van der Waals surface area contributed by atoms with E-state index in [0.717, 1.165) is 16.5 Å². The van der Waals surface area contributed by atoms with Crippen molar-refractivity contribution in [1.82, 2.24) is 0 Å².